The van der Waals surface area contributed by atoms with E-state index in [4.69, 9.17) is 25.3 Å². The fourth-order valence-corrected chi connectivity index (χ4v) is 4.78. The second-order valence-electron chi connectivity index (χ2n) is 3.67. The van der Waals surface area contributed by atoms with E-state index >= 15 is 0 Å². The van der Waals surface area contributed by atoms with Gasteiger partial charge < -0.3 is 25.3 Å². The van der Waals surface area contributed by atoms with Crippen molar-refractivity contribution in [3.63, 3.8) is 0 Å². The molecule has 19 heavy (non-hydrogen) atoms. The van der Waals surface area contributed by atoms with Crippen LogP contribution in [0.4, 0.5) is 0 Å². The van der Waals surface area contributed by atoms with Crippen LogP contribution in [0, 0.1) is 0 Å². The third-order valence-electron chi connectivity index (χ3n) is 2.29. The predicted molar refractivity (Wildman–Crippen MR) is 99.8 cm³/mol. The largest absolute Gasteiger partial charge is 0.780 e. The molecule has 1 aliphatic rings. The lowest BCUT2D eigenvalue weighted by molar-refractivity contribution is 1.20. The van der Waals surface area contributed by atoms with Crippen molar-refractivity contribution >= 4 is 58.6 Å². The van der Waals surface area contributed by atoms with E-state index in [0.29, 0.717) is 0 Å². The van der Waals surface area contributed by atoms with Crippen molar-refractivity contribution in [1.82, 2.24) is 0 Å². The molecule has 1 heterocycles. The van der Waals surface area contributed by atoms with Gasteiger partial charge in [-0.2, -0.15) is 9.81 Å². The third-order valence-corrected chi connectivity index (χ3v) is 6.15. The van der Waals surface area contributed by atoms with Crippen LogP contribution >= 0.6 is 33.3 Å². The van der Waals surface area contributed by atoms with Crippen molar-refractivity contribution < 1.29 is 0 Å². The van der Waals surface area contributed by atoms with Crippen LogP contribution in [-0.2, 0) is 25.3 Å². The summed E-state index contributed by atoms with van der Waals surface area (Å²) < 4.78 is 0. The third kappa shape index (κ3) is 6.45. The van der Waals surface area contributed by atoms with E-state index in [0.717, 1.165) is 16.2 Å². The fourth-order valence-electron chi connectivity index (χ4n) is 1.31. The molecule has 104 valence electrons. The van der Waals surface area contributed by atoms with Gasteiger partial charge in [-0.05, 0) is 30.6 Å². The molecule has 0 spiro atoms. The first-order valence-electron chi connectivity index (χ1n) is 5.83. The van der Waals surface area contributed by atoms with Crippen LogP contribution in [0.25, 0.3) is 0 Å². The Balaban J connectivity index is 2.78. The Hall–Kier alpha value is 0.190. The Morgan fingerprint density at radius 2 is 2.00 bits per heavy atom. The zero-order valence-corrected chi connectivity index (χ0v) is 15.2. The van der Waals surface area contributed by atoms with Gasteiger partial charge in [0.15, 0.2) is 0 Å². The molecule has 0 atom stereocenters. The molecule has 0 fully saturated rings. The van der Waals surface area contributed by atoms with Gasteiger partial charge in [0.1, 0.15) is 0 Å². The first-order chi connectivity index (χ1) is 9.08. The summed E-state index contributed by atoms with van der Waals surface area (Å²) >= 11 is 12.4. The van der Waals surface area contributed by atoms with Gasteiger partial charge in [-0.3, -0.25) is 0 Å². The second-order valence-corrected chi connectivity index (χ2v) is 7.82. The van der Waals surface area contributed by atoms with E-state index in [1.54, 1.807) is 33.3 Å². The predicted octanol–water partition coefficient (Wildman–Crippen LogP) is 5.69. The highest BCUT2D eigenvalue weighted by atomic mass is 33.1. The summed E-state index contributed by atoms with van der Waals surface area (Å²) in [5.74, 6) is 0. The molecule has 1 aliphatic heterocycles. The molecule has 0 bridgehead atoms. The Labute approximate surface area is 139 Å². The highest BCUT2D eigenvalue weighted by Gasteiger charge is 2.06. The molecule has 0 saturated heterocycles. The summed E-state index contributed by atoms with van der Waals surface area (Å²) in [5.41, 5.74) is 0. The van der Waals surface area contributed by atoms with Gasteiger partial charge >= 0.3 is 0 Å². The van der Waals surface area contributed by atoms with E-state index in [9.17, 15) is 0 Å². The summed E-state index contributed by atoms with van der Waals surface area (Å²) in [4.78, 5) is 5.33. The topological polar surface area (TPSA) is 0 Å². The molecule has 0 nitrogen and oxygen atoms in total. The molecular weight excluding hydrogens is 328 g/mol. The summed E-state index contributed by atoms with van der Waals surface area (Å²) in [6.07, 6.45) is 13.2. The Kier molecular flexibility index (Phi) is 8.34. The van der Waals surface area contributed by atoms with Gasteiger partial charge in [0.05, 0.1) is 0 Å². The lowest BCUT2D eigenvalue weighted by Crippen LogP contribution is -1.79. The van der Waals surface area contributed by atoms with Crippen molar-refractivity contribution in [1.29, 1.82) is 0 Å². The van der Waals surface area contributed by atoms with Crippen LogP contribution in [0.5, 0.6) is 0 Å². The SMILES string of the molecule is C/C=C1C=C(/C=C([S-])/C=C([S-])/C=C(/CC)SC)SS/1. The van der Waals surface area contributed by atoms with E-state index in [1.165, 1.54) is 14.7 Å². The average molecular weight is 345 g/mol. The molecule has 0 N–H and O–H groups in total. The first-order valence-corrected chi connectivity index (χ1v) is 10.0. The molecule has 0 aromatic rings. The number of thioether (sulfide) groups is 1. The molecule has 0 aliphatic carbocycles. The zero-order chi connectivity index (χ0) is 14.3. The van der Waals surface area contributed by atoms with Gasteiger partial charge in [0, 0.05) is 9.81 Å². The Bertz CT molecular complexity index is 460. The maximum Gasteiger partial charge on any atom is 0.0182 e. The molecule has 5 heteroatoms. The minimum absolute atomic E-state index is 0.787. The number of hydrogen-bond acceptors (Lipinski definition) is 5. The lowest BCUT2D eigenvalue weighted by atomic mass is 10.3. The van der Waals surface area contributed by atoms with Crippen molar-refractivity contribution in [2.75, 3.05) is 6.26 Å². The van der Waals surface area contributed by atoms with Crippen LogP contribution < -0.4 is 0 Å². The van der Waals surface area contributed by atoms with E-state index < -0.39 is 0 Å². The summed E-state index contributed by atoms with van der Waals surface area (Å²) in [6.45, 7) is 4.17. The molecule has 0 saturated carbocycles. The molecule has 0 amide bonds. The highest BCUT2D eigenvalue weighted by molar-refractivity contribution is 8.80. The summed E-state index contributed by atoms with van der Waals surface area (Å²) in [5, 5.41) is 0. The summed E-state index contributed by atoms with van der Waals surface area (Å²) in [7, 11) is 3.50. The maximum atomic E-state index is 5.35. The van der Waals surface area contributed by atoms with Crippen molar-refractivity contribution in [2.24, 2.45) is 0 Å². The number of allylic oxidation sites excluding steroid dienone is 6. The fraction of sp³-hybridized carbons (Fsp3) is 0.286. The molecule has 0 radical (unpaired) electrons. The smallest absolute Gasteiger partial charge is 0.0182 e. The molecule has 0 aromatic heterocycles. The highest BCUT2D eigenvalue weighted by Crippen LogP contribution is 2.45. The first kappa shape index (κ1) is 17.2. The molecule has 0 aromatic carbocycles. The van der Waals surface area contributed by atoms with Crippen LogP contribution in [0.3, 0.4) is 0 Å². The van der Waals surface area contributed by atoms with Crippen molar-refractivity contribution in [3.05, 3.63) is 54.9 Å². The van der Waals surface area contributed by atoms with Gasteiger partial charge in [0.25, 0.3) is 0 Å². The number of hydrogen-bond donors (Lipinski definition) is 0. The zero-order valence-electron chi connectivity index (χ0n) is 11.1. The maximum absolute atomic E-state index is 5.35. The van der Waals surface area contributed by atoms with E-state index in [1.807, 2.05) is 25.2 Å². The number of rotatable bonds is 5. The minimum Gasteiger partial charge on any atom is -0.780 e. The van der Waals surface area contributed by atoms with Crippen LogP contribution in [0.1, 0.15) is 20.3 Å². The van der Waals surface area contributed by atoms with Crippen LogP contribution in [0.2, 0.25) is 0 Å². The minimum atomic E-state index is 0.787. The van der Waals surface area contributed by atoms with Crippen LogP contribution in [0.15, 0.2) is 54.9 Å². The Morgan fingerprint density at radius 1 is 1.26 bits per heavy atom. The van der Waals surface area contributed by atoms with Crippen molar-refractivity contribution in [3.8, 4) is 0 Å². The molecular formula is C14H16S5-2. The van der Waals surface area contributed by atoms with E-state index in [2.05, 4.69) is 25.3 Å². The lowest BCUT2D eigenvalue weighted by Gasteiger charge is -2.14. The average Bonchev–Trinajstić information content (AvgIpc) is 2.83. The quantitative estimate of drug-likeness (QED) is 0.356. The summed E-state index contributed by atoms with van der Waals surface area (Å²) in [6, 6.07) is 0. The van der Waals surface area contributed by atoms with Gasteiger partial charge in [0.2, 0.25) is 0 Å². The van der Waals surface area contributed by atoms with Gasteiger partial charge in [-0.15, -0.1) is 17.8 Å². The second kappa shape index (κ2) is 9.19. The van der Waals surface area contributed by atoms with Crippen molar-refractivity contribution in [2.45, 2.75) is 20.3 Å². The molecule has 0 unspecified atom stereocenters. The van der Waals surface area contributed by atoms with Crippen LogP contribution in [-0.4, -0.2) is 6.26 Å². The Morgan fingerprint density at radius 3 is 2.53 bits per heavy atom. The monoisotopic (exact) mass is 344 g/mol. The van der Waals surface area contributed by atoms with E-state index in [-0.39, 0.29) is 0 Å². The molecule has 1 rings (SSSR count). The normalized spacial score (nSPS) is 20.1. The van der Waals surface area contributed by atoms with Gasteiger partial charge in [-0.25, -0.2) is 0 Å². The standard InChI is InChI=1S/C14H18S5/c1-4-12(17-3)7-10(15)6-11(16)8-14-9-13(5-2)18-19-14/h5-9,15-16H,4H2,1-3H3/p-2/b10-6-,11-8-,12-7-,13-5-. The van der Waals surface area contributed by atoms with Gasteiger partial charge in [-0.1, -0.05) is 46.7 Å².